The highest BCUT2D eigenvalue weighted by Crippen LogP contribution is 2.47. The fourth-order valence-corrected chi connectivity index (χ4v) is 2.88. The third-order valence-electron chi connectivity index (χ3n) is 5.27. The van der Waals surface area contributed by atoms with Crippen molar-refractivity contribution < 1.29 is 9.31 Å². The summed E-state index contributed by atoms with van der Waals surface area (Å²) in [6, 6.07) is 4.43. The highest BCUT2D eigenvalue weighted by molar-refractivity contribution is 6.62. The molecule has 21 heavy (non-hydrogen) atoms. The average molecular weight is 284 g/mol. The van der Waals surface area contributed by atoms with E-state index in [4.69, 9.17) is 9.31 Å². The molecule has 110 valence electrons. The molecule has 0 radical (unpaired) electrons. The Bertz CT molecular complexity index is 607. The van der Waals surface area contributed by atoms with Gasteiger partial charge in [-0.1, -0.05) is 13.0 Å². The summed E-state index contributed by atoms with van der Waals surface area (Å²) in [5, 5.41) is 9.33. The molecule has 1 aromatic rings. The van der Waals surface area contributed by atoms with Crippen molar-refractivity contribution in [2.45, 2.75) is 63.6 Å². The number of aromatic nitrogens is 1. The van der Waals surface area contributed by atoms with E-state index in [1.807, 2.05) is 6.07 Å². The molecule has 1 aliphatic heterocycles. The molecule has 1 saturated heterocycles. The SMILES string of the molecule is CCC1(C)OB(c2cncc(C3(C#N)CC3)c2)OC1(C)C. The smallest absolute Gasteiger partial charge is 0.399 e. The van der Waals surface area contributed by atoms with E-state index in [9.17, 15) is 5.26 Å². The fraction of sp³-hybridized carbons (Fsp3) is 0.625. The lowest BCUT2D eigenvalue weighted by Crippen LogP contribution is -2.44. The number of pyridine rings is 1. The average Bonchev–Trinajstić information content (AvgIpc) is 3.23. The van der Waals surface area contributed by atoms with Crippen LogP contribution in [0.3, 0.4) is 0 Å². The summed E-state index contributed by atoms with van der Waals surface area (Å²) < 4.78 is 12.3. The van der Waals surface area contributed by atoms with Gasteiger partial charge in [-0.15, -0.1) is 0 Å². The van der Waals surface area contributed by atoms with Crippen LogP contribution in [0.15, 0.2) is 18.5 Å². The second-order valence-electron chi connectivity index (χ2n) is 6.86. The van der Waals surface area contributed by atoms with Crippen LogP contribution in [0.4, 0.5) is 0 Å². The maximum atomic E-state index is 9.33. The molecule has 1 aromatic heterocycles. The summed E-state index contributed by atoms with van der Waals surface area (Å²) in [7, 11) is -0.410. The summed E-state index contributed by atoms with van der Waals surface area (Å²) in [4.78, 5) is 4.29. The van der Waals surface area contributed by atoms with E-state index < -0.39 is 7.12 Å². The predicted molar refractivity (Wildman–Crippen MR) is 81.1 cm³/mol. The van der Waals surface area contributed by atoms with Gasteiger partial charge in [-0.05, 0) is 45.6 Å². The second-order valence-corrected chi connectivity index (χ2v) is 6.86. The lowest BCUT2D eigenvalue weighted by molar-refractivity contribution is -0.0118. The molecule has 0 spiro atoms. The molecule has 1 aliphatic carbocycles. The van der Waals surface area contributed by atoms with Crippen LogP contribution in [-0.4, -0.2) is 23.3 Å². The fourth-order valence-electron chi connectivity index (χ4n) is 2.88. The molecular weight excluding hydrogens is 263 g/mol. The van der Waals surface area contributed by atoms with E-state index >= 15 is 0 Å². The third-order valence-corrected chi connectivity index (χ3v) is 5.27. The maximum absolute atomic E-state index is 9.33. The van der Waals surface area contributed by atoms with Gasteiger partial charge in [-0.2, -0.15) is 5.26 Å². The van der Waals surface area contributed by atoms with E-state index in [1.165, 1.54) is 0 Å². The largest absolute Gasteiger partial charge is 0.496 e. The van der Waals surface area contributed by atoms with Gasteiger partial charge < -0.3 is 9.31 Å². The Morgan fingerprint density at radius 2 is 2.00 bits per heavy atom. The Morgan fingerprint density at radius 1 is 1.29 bits per heavy atom. The molecule has 5 heteroatoms. The zero-order chi connectivity index (χ0) is 15.3. The Morgan fingerprint density at radius 3 is 2.52 bits per heavy atom. The summed E-state index contributed by atoms with van der Waals surface area (Å²) in [6.07, 6.45) is 6.28. The second kappa shape index (κ2) is 4.56. The van der Waals surface area contributed by atoms with Crippen molar-refractivity contribution in [3.05, 3.63) is 24.0 Å². The van der Waals surface area contributed by atoms with Crippen molar-refractivity contribution in [3.8, 4) is 6.07 Å². The molecule has 1 atom stereocenters. The molecule has 2 aliphatic rings. The summed E-state index contributed by atoms with van der Waals surface area (Å²) >= 11 is 0. The van der Waals surface area contributed by atoms with E-state index in [-0.39, 0.29) is 16.6 Å². The first-order chi connectivity index (χ1) is 9.86. The van der Waals surface area contributed by atoms with Crippen LogP contribution in [0.25, 0.3) is 0 Å². The Labute approximate surface area is 126 Å². The number of nitrogens with zero attached hydrogens (tertiary/aromatic N) is 2. The Kier molecular flexibility index (Phi) is 3.16. The van der Waals surface area contributed by atoms with E-state index in [0.717, 1.165) is 30.3 Å². The first-order valence-corrected chi connectivity index (χ1v) is 7.58. The third kappa shape index (κ3) is 2.18. The molecule has 3 rings (SSSR count). The molecule has 0 N–H and O–H groups in total. The van der Waals surface area contributed by atoms with Gasteiger partial charge >= 0.3 is 7.12 Å². The highest BCUT2D eigenvalue weighted by atomic mass is 16.7. The zero-order valence-corrected chi connectivity index (χ0v) is 13.1. The number of hydrogen-bond acceptors (Lipinski definition) is 4. The standard InChI is InChI=1S/C16H21BN2O2/c1-5-15(4)14(2,3)20-17(21-15)13-8-12(9-19-10-13)16(11-18)6-7-16/h8-10H,5-7H2,1-4H3. The first-order valence-electron chi connectivity index (χ1n) is 7.58. The summed E-state index contributed by atoms with van der Waals surface area (Å²) in [5.74, 6) is 0. The summed E-state index contributed by atoms with van der Waals surface area (Å²) in [6.45, 7) is 8.32. The topological polar surface area (TPSA) is 55.1 Å². The molecule has 0 amide bonds. The first kappa shape index (κ1) is 14.6. The molecular formula is C16H21BN2O2. The quantitative estimate of drug-likeness (QED) is 0.799. The number of hydrogen-bond donors (Lipinski definition) is 0. The Balaban J connectivity index is 1.90. The van der Waals surface area contributed by atoms with E-state index in [1.54, 1.807) is 12.4 Å². The van der Waals surface area contributed by atoms with Crippen LogP contribution in [0.5, 0.6) is 0 Å². The van der Waals surface area contributed by atoms with Crippen molar-refractivity contribution >= 4 is 12.6 Å². The minimum Gasteiger partial charge on any atom is -0.399 e. The molecule has 1 unspecified atom stereocenters. The van der Waals surface area contributed by atoms with Crippen LogP contribution < -0.4 is 5.46 Å². The van der Waals surface area contributed by atoms with Crippen molar-refractivity contribution in [1.29, 1.82) is 5.26 Å². The van der Waals surface area contributed by atoms with Crippen LogP contribution in [-0.2, 0) is 14.7 Å². The van der Waals surface area contributed by atoms with Gasteiger partial charge in [0.1, 0.15) is 0 Å². The van der Waals surface area contributed by atoms with Gasteiger partial charge in [0.2, 0.25) is 0 Å². The minimum atomic E-state index is -0.410. The highest BCUT2D eigenvalue weighted by Gasteiger charge is 2.54. The Hall–Kier alpha value is -1.38. The van der Waals surface area contributed by atoms with Crippen molar-refractivity contribution in [1.82, 2.24) is 4.98 Å². The van der Waals surface area contributed by atoms with Crippen molar-refractivity contribution in [2.75, 3.05) is 0 Å². The molecule has 1 saturated carbocycles. The van der Waals surface area contributed by atoms with Crippen LogP contribution >= 0.6 is 0 Å². The van der Waals surface area contributed by atoms with Gasteiger partial charge in [0.15, 0.2) is 0 Å². The van der Waals surface area contributed by atoms with Crippen molar-refractivity contribution in [2.24, 2.45) is 0 Å². The van der Waals surface area contributed by atoms with Gasteiger partial charge in [0.25, 0.3) is 0 Å². The normalized spacial score (nSPS) is 29.2. The lowest BCUT2D eigenvalue weighted by Gasteiger charge is -2.35. The van der Waals surface area contributed by atoms with Crippen LogP contribution in [0.2, 0.25) is 0 Å². The molecule has 2 fully saturated rings. The molecule has 4 nitrogen and oxygen atoms in total. The molecule has 0 aromatic carbocycles. The van der Waals surface area contributed by atoms with Gasteiger partial charge in [-0.3, -0.25) is 4.98 Å². The maximum Gasteiger partial charge on any atom is 0.496 e. The lowest BCUT2D eigenvalue weighted by atomic mass is 9.78. The van der Waals surface area contributed by atoms with E-state index in [0.29, 0.717) is 0 Å². The predicted octanol–water partition coefficient (Wildman–Crippen LogP) is 2.33. The van der Waals surface area contributed by atoms with E-state index in [2.05, 4.69) is 38.7 Å². The molecule has 2 heterocycles. The molecule has 0 bridgehead atoms. The monoisotopic (exact) mass is 284 g/mol. The van der Waals surface area contributed by atoms with Crippen molar-refractivity contribution in [3.63, 3.8) is 0 Å². The summed E-state index contributed by atoms with van der Waals surface area (Å²) in [5.41, 5.74) is 0.886. The minimum absolute atomic E-state index is 0.319. The van der Waals surface area contributed by atoms with Gasteiger partial charge in [0.05, 0.1) is 22.7 Å². The van der Waals surface area contributed by atoms with Crippen LogP contribution in [0.1, 0.15) is 52.5 Å². The number of rotatable bonds is 3. The van der Waals surface area contributed by atoms with Gasteiger partial charge in [-0.25, -0.2) is 0 Å². The zero-order valence-electron chi connectivity index (χ0n) is 13.1. The van der Waals surface area contributed by atoms with Crippen LogP contribution in [0, 0.1) is 11.3 Å². The number of nitriles is 1. The van der Waals surface area contributed by atoms with Gasteiger partial charge in [0, 0.05) is 17.9 Å².